The lowest BCUT2D eigenvalue weighted by Gasteiger charge is -2.36. The molecule has 0 radical (unpaired) electrons. The summed E-state index contributed by atoms with van der Waals surface area (Å²) in [6.45, 7) is 0.867. The van der Waals surface area contributed by atoms with Crippen LogP contribution in [0.1, 0.15) is 38.5 Å². The minimum atomic E-state index is -0.0580. The Kier molecular flexibility index (Phi) is 6.47. The van der Waals surface area contributed by atoms with Crippen LogP contribution < -0.4 is 10.8 Å². The van der Waals surface area contributed by atoms with Crippen LogP contribution in [0.4, 0.5) is 0 Å². The molecule has 2 N–H and O–H groups in total. The predicted molar refractivity (Wildman–Crippen MR) is 65.5 cm³/mol. The lowest BCUT2D eigenvalue weighted by atomic mass is 9.79. The largest absolute Gasteiger partial charge is 0.382 e. The van der Waals surface area contributed by atoms with E-state index in [2.05, 4.69) is 10.8 Å². The van der Waals surface area contributed by atoms with Gasteiger partial charge in [0.2, 0.25) is 5.91 Å². The molecule has 0 atom stereocenters. The third-order valence-corrected chi connectivity index (χ3v) is 3.42. The summed E-state index contributed by atoms with van der Waals surface area (Å²) in [5.74, 6) is -0.0580. The van der Waals surface area contributed by atoms with Gasteiger partial charge in [0.05, 0.1) is 13.2 Å². The van der Waals surface area contributed by atoms with Crippen molar-refractivity contribution in [1.29, 1.82) is 0 Å². The van der Waals surface area contributed by atoms with Crippen LogP contribution in [-0.2, 0) is 14.4 Å². The van der Waals surface area contributed by atoms with E-state index in [-0.39, 0.29) is 11.4 Å². The molecule has 1 amide bonds. The van der Waals surface area contributed by atoms with E-state index in [1.54, 1.807) is 7.11 Å². The second-order valence-electron chi connectivity index (χ2n) is 4.63. The number of amides is 1. The summed E-state index contributed by atoms with van der Waals surface area (Å²) in [6, 6.07) is 0. The number of hydrogen-bond acceptors (Lipinski definition) is 4. The molecule has 1 aliphatic carbocycles. The second kappa shape index (κ2) is 7.63. The molecule has 0 aliphatic heterocycles. The van der Waals surface area contributed by atoms with E-state index in [1.165, 1.54) is 19.3 Å². The number of methoxy groups -OCH3 is 1. The fourth-order valence-electron chi connectivity index (χ4n) is 2.34. The number of rotatable bonds is 7. The molecule has 0 bridgehead atoms. The minimum Gasteiger partial charge on any atom is -0.382 e. The molecule has 100 valence electrons. The standard InChI is InChI=1S/C12H24N2O3/c1-13-12(6-4-3-5-7-12)10-11(15)14-17-9-8-16-2/h13H,3-10H2,1-2H3,(H,14,15). The van der Waals surface area contributed by atoms with Crippen LogP contribution in [0.2, 0.25) is 0 Å². The van der Waals surface area contributed by atoms with E-state index in [0.717, 1.165) is 12.8 Å². The molecule has 0 spiro atoms. The highest BCUT2D eigenvalue weighted by atomic mass is 16.7. The fourth-order valence-corrected chi connectivity index (χ4v) is 2.34. The number of carbonyl (C=O) groups is 1. The molecule has 1 rings (SSSR count). The Labute approximate surface area is 103 Å². The third kappa shape index (κ3) is 5.02. The maximum atomic E-state index is 11.7. The Balaban J connectivity index is 2.27. The van der Waals surface area contributed by atoms with E-state index in [1.807, 2.05) is 7.05 Å². The SMILES string of the molecule is CNC1(CC(=O)NOCCOC)CCCCC1. The smallest absolute Gasteiger partial charge is 0.245 e. The first-order chi connectivity index (χ1) is 8.22. The van der Waals surface area contributed by atoms with Gasteiger partial charge in [-0.15, -0.1) is 0 Å². The molecule has 0 unspecified atom stereocenters. The van der Waals surface area contributed by atoms with E-state index in [4.69, 9.17) is 9.57 Å². The average molecular weight is 244 g/mol. The summed E-state index contributed by atoms with van der Waals surface area (Å²) in [5, 5.41) is 3.31. The molecule has 1 fully saturated rings. The van der Waals surface area contributed by atoms with Crippen LogP contribution in [-0.4, -0.2) is 38.8 Å². The second-order valence-corrected chi connectivity index (χ2v) is 4.63. The molecule has 0 aromatic heterocycles. The van der Waals surface area contributed by atoms with Crippen molar-refractivity contribution in [2.45, 2.75) is 44.1 Å². The topological polar surface area (TPSA) is 59.6 Å². The minimum absolute atomic E-state index is 0.0348. The summed E-state index contributed by atoms with van der Waals surface area (Å²) in [7, 11) is 3.54. The number of carbonyl (C=O) groups excluding carboxylic acids is 1. The normalized spacial score (nSPS) is 18.9. The van der Waals surface area contributed by atoms with Crippen molar-refractivity contribution in [3.8, 4) is 0 Å². The molecule has 0 aromatic rings. The fraction of sp³-hybridized carbons (Fsp3) is 0.917. The predicted octanol–water partition coefficient (Wildman–Crippen LogP) is 0.993. The third-order valence-electron chi connectivity index (χ3n) is 3.42. The molecule has 0 heterocycles. The first-order valence-electron chi connectivity index (χ1n) is 6.31. The maximum absolute atomic E-state index is 11.7. The van der Waals surface area contributed by atoms with Gasteiger partial charge in [-0.05, 0) is 19.9 Å². The van der Waals surface area contributed by atoms with Gasteiger partial charge in [-0.1, -0.05) is 19.3 Å². The van der Waals surface area contributed by atoms with Crippen molar-refractivity contribution in [2.24, 2.45) is 0 Å². The van der Waals surface area contributed by atoms with Gasteiger partial charge in [-0.3, -0.25) is 9.63 Å². The molecule has 0 saturated heterocycles. The van der Waals surface area contributed by atoms with Crippen molar-refractivity contribution >= 4 is 5.91 Å². The van der Waals surface area contributed by atoms with Gasteiger partial charge < -0.3 is 10.1 Å². The Bertz CT molecular complexity index is 228. The number of nitrogens with one attached hydrogen (secondary N) is 2. The van der Waals surface area contributed by atoms with Crippen molar-refractivity contribution < 1.29 is 14.4 Å². The Morgan fingerprint density at radius 2 is 1.94 bits per heavy atom. The monoisotopic (exact) mass is 244 g/mol. The Hall–Kier alpha value is -0.650. The van der Waals surface area contributed by atoms with Crippen LogP contribution in [0.5, 0.6) is 0 Å². The molecule has 1 aliphatic rings. The van der Waals surface area contributed by atoms with Crippen molar-refractivity contribution in [3.63, 3.8) is 0 Å². The number of hydroxylamine groups is 1. The first-order valence-corrected chi connectivity index (χ1v) is 6.31. The molecule has 5 heteroatoms. The summed E-state index contributed by atoms with van der Waals surface area (Å²) < 4.78 is 4.83. The Morgan fingerprint density at radius 3 is 2.53 bits per heavy atom. The van der Waals surface area contributed by atoms with Gasteiger partial charge in [0, 0.05) is 19.1 Å². The average Bonchev–Trinajstić information content (AvgIpc) is 2.36. The van der Waals surface area contributed by atoms with Crippen LogP contribution in [0.15, 0.2) is 0 Å². The van der Waals surface area contributed by atoms with E-state index in [0.29, 0.717) is 19.6 Å². The summed E-state index contributed by atoms with van der Waals surface area (Å²) in [5.41, 5.74) is 2.43. The molecule has 0 aromatic carbocycles. The van der Waals surface area contributed by atoms with Crippen LogP contribution in [0.3, 0.4) is 0 Å². The van der Waals surface area contributed by atoms with Crippen molar-refractivity contribution in [2.75, 3.05) is 27.4 Å². The molecule has 17 heavy (non-hydrogen) atoms. The van der Waals surface area contributed by atoms with Gasteiger partial charge in [0.25, 0.3) is 0 Å². The number of ether oxygens (including phenoxy) is 1. The zero-order valence-corrected chi connectivity index (χ0v) is 10.9. The van der Waals surface area contributed by atoms with Gasteiger partial charge in [0.1, 0.15) is 0 Å². The summed E-state index contributed by atoms with van der Waals surface area (Å²) >= 11 is 0. The van der Waals surface area contributed by atoms with E-state index < -0.39 is 0 Å². The molecule has 5 nitrogen and oxygen atoms in total. The lowest BCUT2D eigenvalue weighted by molar-refractivity contribution is -0.136. The summed E-state index contributed by atoms with van der Waals surface area (Å²) in [4.78, 5) is 16.7. The highest BCUT2D eigenvalue weighted by molar-refractivity contribution is 5.76. The first kappa shape index (κ1) is 14.4. The van der Waals surface area contributed by atoms with Crippen LogP contribution in [0, 0.1) is 0 Å². The highest BCUT2D eigenvalue weighted by Gasteiger charge is 2.32. The van der Waals surface area contributed by atoms with Gasteiger partial charge >= 0.3 is 0 Å². The van der Waals surface area contributed by atoms with Gasteiger partial charge in [0.15, 0.2) is 0 Å². The number of hydrogen-bond donors (Lipinski definition) is 2. The van der Waals surface area contributed by atoms with E-state index in [9.17, 15) is 4.79 Å². The van der Waals surface area contributed by atoms with Crippen LogP contribution >= 0.6 is 0 Å². The van der Waals surface area contributed by atoms with Crippen molar-refractivity contribution in [3.05, 3.63) is 0 Å². The quantitative estimate of drug-likeness (QED) is 0.518. The van der Waals surface area contributed by atoms with Crippen LogP contribution in [0.25, 0.3) is 0 Å². The van der Waals surface area contributed by atoms with Crippen molar-refractivity contribution in [1.82, 2.24) is 10.8 Å². The molecular formula is C12H24N2O3. The van der Waals surface area contributed by atoms with Gasteiger partial charge in [-0.25, -0.2) is 5.48 Å². The zero-order chi connectivity index (χ0) is 12.6. The van der Waals surface area contributed by atoms with Gasteiger partial charge in [-0.2, -0.15) is 0 Å². The highest BCUT2D eigenvalue weighted by Crippen LogP contribution is 2.30. The Morgan fingerprint density at radius 1 is 1.24 bits per heavy atom. The van der Waals surface area contributed by atoms with E-state index >= 15 is 0 Å². The molecule has 1 saturated carbocycles. The summed E-state index contributed by atoms with van der Waals surface area (Å²) in [6.07, 6.45) is 6.27. The lowest BCUT2D eigenvalue weighted by Crippen LogP contribution is -2.48. The zero-order valence-electron chi connectivity index (χ0n) is 10.9. The molecular weight excluding hydrogens is 220 g/mol. The maximum Gasteiger partial charge on any atom is 0.245 e.